The quantitative estimate of drug-likeness (QED) is 0.723. The van der Waals surface area contributed by atoms with Crippen LogP contribution in [-0.2, 0) is 16.0 Å². The van der Waals surface area contributed by atoms with Gasteiger partial charge >= 0.3 is 0 Å². The lowest BCUT2D eigenvalue weighted by Crippen LogP contribution is -2.46. The number of carbonyl (C=O) groups excluding carboxylic acids is 3. The smallest absolute Gasteiger partial charge is 0.300 e. The van der Waals surface area contributed by atoms with Crippen molar-refractivity contribution in [3.8, 4) is 0 Å². The van der Waals surface area contributed by atoms with Crippen LogP contribution in [0, 0.1) is 6.92 Å². The monoisotopic (exact) mass is 428 g/mol. The van der Waals surface area contributed by atoms with Crippen LogP contribution >= 0.6 is 15.9 Å². The molecule has 3 rings (SSSR count). The summed E-state index contributed by atoms with van der Waals surface area (Å²) in [7, 11) is 0. The van der Waals surface area contributed by atoms with Crippen molar-refractivity contribution in [1.82, 2.24) is 0 Å². The fourth-order valence-corrected chi connectivity index (χ4v) is 3.96. The Kier molecular flexibility index (Phi) is 5.46. The second-order valence-electron chi connectivity index (χ2n) is 6.59. The molecule has 2 amide bonds. The largest absolute Gasteiger partial charge is 0.324 e. The van der Waals surface area contributed by atoms with Crippen molar-refractivity contribution in [3.05, 3.63) is 57.6 Å². The number of halogens is 1. The Labute approximate surface area is 166 Å². The van der Waals surface area contributed by atoms with Gasteiger partial charge in [0.1, 0.15) is 6.04 Å². The Bertz CT molecular complexity index is 922. The van der Waals surface area contributed by atoms with Gasteiger partial charge in [-0.05, 0) is 55.2 Å². The summed E-state index contributed by atoms with van der Waals surface area (Å²) in [5.41, 5.74) is 3.48. The van der Waals surface area contributed by atoms with Gasteiger partial charge in [-0.25, -0.2) is 0 Å². The van der Waals surface area contributed by atoms with Crippen LogP contribution in [0.15, 0.2) is 40.9 Å². The molecule has 0 saturated carbocycles. The van der Waals surface area contributed by atoms with E-state index in [-0.39, 0.29) is 5.91 Å². The molecule has 0 aromatic heterocycles. The Morgan fingerprint density at radius 3 is 2.41 bits per heavy atom. The van der Waals surface area contributed by atoms with Crippen molar-refractivity contribution in [3.63, 3.8) is 0 Å². The molecule has 1 aliphatic heterocycles. The normalized spacial score (nSPS) is 14.3. The second-order valence-corrected chi connectivity index (χ2v) is 7.50. The number of carbonyl (C=O) groups is 3. The average molecular weight is 429 g/mol. The predicted octanol–water partition coefficient (Wildman–Crippen LogP) is 4.27. The predicted molar refractivity (Wildman–Crippen MR) is 109 cm³/mol. The standard InChI is InChI=1S/C21H21BrN2O3/c1-4-13-6-8-15(9-7-13)23-20(26)17(5-2)24-18-12(3)10-14(22)11-16(18)19(25)21(24)27/h6-11,17H,4-5H2,1-3H3,(H,23,26). The summed E-state index contributed by atoms with van der Waals surface area (Å²) in [4.78, 5) is 39.3. The van der Waals surface area contributed by atoms with Gasteiger partial charge in [0.15, 0.2) is 0 Å². The summed E-state index contributed by atoms with van der Waals surface area (Å²) in [5.74, 6) is -1.54. The first-order valence-electron chi connectivity index (χ1n) is 8.95. The van der Waals surface area contributed by atoms with Crippen molar-refractivity contribution in [1.29, 1.82) is 0 Å². The minimum atomic E-state index is -0.756. The number of Topliss-reactive ketones (excluding diaryl/α,β-unsaturated/α-hetero) is 1. The number of amides is 2. The summed E-state index contributed by atoms with van der Waals surface area (Å²) in [6.45, 7) is 5.72. The van der Waals surface area contributed by atoms with E-state index >= 15 is 0 Å². The lowest BCUT2D eigenvalue weighted by atomic mass is 10.1. The van der Waals surface area contributed by atoms with Gasteiger partial charge in [-0.15, -0.1) is 0 Å². The Morgan fingerprint density at radius 2 is 1.81 bits per heavy atom. The zero-order valence-electron chi connectivity index (χ0n) is 15.5. The zero-order valence-corrected chi connectivity index (χ0v) is 17.1. The number of anilines is 2. The molecule has 2 aromatic rings. The SMILES string of the molecule is CCc1ccc(NC(=O)C(CC)N2C(=O)C(=O)c3cc(Br)cc(C)c32)cc1. The molecule has 6 heteroatoms. The molecule has 140 valence electrons. The van der Waals surface area contributed by atoms with Gasteiger partial charge in [0.2, 0.25) is 5.91 Å². The molecule has 1 aliphatic rings. The van der Waals surface area contributed by atoms with Crippen LogP contribution in [0.4, 0.5) is 11.4 Å². The number of hydrogen-bond donors (Lipinski definition) is 1. The van der Waals surface area contributed by atoms with Gasteiger partial charge in [0.05, 0.1) is 11.3 Å². The summed E-state index contributed by atoms with van der Waals surface area (Å²) in [5, 5.41) is 2.86. The van der Waals surface area contributed by atoms with E-state index in [0.717, 1.165) is 16.5 Å². The molecular formula is C21H21BrN2O3. The van der Waals surface area contributed by atoms with E-state index in [1.54, 1.807) is 6.07 Å². The van der Waals surface area contributed by atoms with Crippen molar-refractivity contribution >= 4 is 44.9 Å². The van der Waals surface area contributed by atoms with Gasteiger partial charge in [-0.1, -0.05) is 41.9 Å². The number of rotatable bonds is 5. The summed E-state index contributed by atoms with van der Waals surface area (Å²) in [6.07, 6.45) is 1.31. The maximum atomic E-state index is 12.9. The first kappa shape index (κ1) is 19.3. The summed E-state index contributed by atoms with van der Waals surface area (Å²) < 4.78 is 0.732. The lowest BCUT2D eigenvalue weighted by molar-refractivity contribution is -0.121. The number of nitrogens with zero attached hydrogens (tertiary/aromatic N) is 1. The third-order valence-electron chi connectivity index (χ3n) is 4.79. The van der Waals surface area contributed by atoms with E-state index in [9.17, 15) is 14.4 Å². The molecule has 0 radical (unpaired) electrons. The van der Waals surface area contributed by atoms with Crippen LogP contribution in [0.3, 0.4) is 0 Å². The van der Waals surface area contributed by atoms with E-state index in [0.29, 0.717) is 23.4 Å². The molecule has 2 aromatic carbocycles. The van der Waals surface area contributed by atoms with Crippen LogP contribution in [0.2, 0.25) is 0 Å². The van der Waals surface area contributed by atoms with Gasteiger partial charge in [0.25, 0.3) is 11.7 Å². The molecule has 1 atom stereocenters. The van der Waals surface area contributed by atoms with Crippen molar-refractivity contribution in [2.75, 3.05) is 10.2 Å². The van der Waals surface area contributed by atoms with Gasteiger partial charge in [0, 0.05) is 10.2 Å². The summed E-state index contributed by atoms with van der Waals surface area (Å²) in [6, 6.07) is 10.3. The van der Waals surface area contributed by atoms with Gasteiger partial charge in [-0.2, -0.15) is 0 Å². The molecule has 5 nitrogen and oxygen atoms in total. The van der Waals surface area contributed by atoms with Crippen LogP contribution in [-0.4, -0.2) is 23.6 Å². The third-order valence-corrected chi connectivity index (χ3v) is 5.25. The first-order valence-corrected chi connectivity index (χ1v) is 9.74. The molecule has 1 unspecified atom stereocenters. The number of aryl methyl sites for hydroxylation is 2. The first-order chi connectivity index (χ1) is 12.9. The molecular weight excluding hydrogens is 408 g/mol. The van der Waals surface area contributed by atoms with Crippen LogP contribution in [0.5, 0.6) is 0 Å². The number of fused-ring (bicyclic) bond motifs is 1. The number of benzene rings is 2. The van der Waals surface area contributed by atoms with Crippen LogP contribution < -0.4 is 10.2 Å². The molecule has 0 fully saturated rings. The fourth-order valence-electron chi connectivity index (χ4n) is 3.39. The zero-order chi connectivity index (χ0) is 19.7. The summed E-state index contributed by atoms with van der Waals surface area (Å²) >= 11 is 3.36. The molecule has 0 saturated heterocycles. The molecule has 0 bridgehead atoms. The minimum Gasteiger partial charge on any atom is -0.324 e. The van der Waals surface area contributed by atoms with Crippen molar-refractivity contribution in [2.45, 2.75) is 39.7 Å². The maximum Gasteiger partial charge on any atom is 0.300 e. The van der Waals surface area contributed by atoms with Crippen LogP contribution in [0.1, 0.15) is 41.8 Å². The topological polar surface area (TPSA) is 66.5 Å². The second kappa shape index (κ2) is 7.64. The van der Waals surface area contributed by atoms with Gasteiger partial charge < -0.3 is 5.32 Å². The van der Waals surface area contributed by atoms with E-state index in [4.69, 9.17) is 0 Å². The minimum absolute atomic E-state index is 0.307. The van der Waals surface area contributed by atoms with E-state index < -0.39 is 17.7 Å². The number of nitrogens with one attached hydrogen (secondary N) is 1. The fraction of sp³-hybridized carbons (Fsp3) is 0.286. The highest BCUT2D eigenvalue weighted by Gasteiger charge is 2.42. The van der Waals surface area contributed by atoms with Crippen molar-refractivity contribution < 1.29 is 14.4 Å². The Morgan fingerprint density at radius 1 is 1.15 bits per heavy atom. The van der Waals surface area contributed by atoms with Gasteiger partial charge in [-0.3, -0.25) is 19.3 Å². The third kappa shape index (κ3) is 3.54. The molecule has 1 heterocycles. The van der Waals surface area contributed by atoms with E-state index in [2.05, 4.69) is 28.2 Å². The molecule has 0 spiro atoms. The Balaban J connectivity index is 1.92. The van der Waals surface area contributed by atoms with E-state index in [1.807, 2.05) is 44.2 Å². The number of ketones is 1. The molecule has 1 N–H and O–H groups in total. The highest BCUT2D eigenvalue weighted by Crippen LogP contribution is 2.37. The lowest BCUT2D eigenvalue weighted by Gasteiger charge is -2.27. The highest BCUT2D eigenvalue weighted by molar-refractivity contribution is 9.10. The maximum absolute atomic E-state index is 12.9. The number of hydrogen-bond acceptors (Lipinski definition) is 3. The highest BCUT2D eigenvalue weighted by atomic mass is 79.9. The van der Waals surface area contributed by atoms with Crippen LogP contribution in [0.25, 0.3) is 0 Å². The Hall–Kier alpha value is -2.47. The average Bonchev–Trinajstić information content (AvgIpc) is 2.88. The van der Waals surface area contributed by atoms with Crippen molar-refractivity contribution in [2.24, 2.45) is 0 Å². The van der Waals surface area contributed by atoms with E-state index in [1.165, 1.54) is 10.5 Å². The molecule has 0 aliphatic carbocycles. The molecule has 27 heavy (non-hydrogen) atoms.